The molecule has 0 saturated heterocycles. The van der Waals surface area contributed by atoms with Crippen LogP contribution in [-0.2, 0) is 0 Å². The van der Waals surface area contributed by atoms with Crippen LogP contribution in [-0.4, -0.2) is 24.3 Å². The highest BCUT2D eigenvalue weighted by Crippen LogP contribution is 2.34. The molecule has 1 aliphatic rings. The molecule has 1 aliphatic carbocycles. The second-order valence-electron chi connectivity index (χ2n) is 10.5. The Balaban J connectivity index is 1.48. The quantitative estimate of drug-likeness (QED) is 0.236. The maximum absolute atomic E-state index is 11.8. The van der Waals surface area contributed by atoms with Gasteiger partial charge < -0.3 is 14.6 Å². The zero-order valence-electron chi connectivity index (χ0n) is 22.5. The Labute approximate surface area is 218 Å². The fraction of sp³-hybridized carbons (Fsp3) is 0.594. The molecule has 0 bridgehead atoms. The first-order valence-electron chi connectivity index (χ1n) is 14.3. The van der Waals surface area contributed by atoms with Crippen LogP contribution in [0, 0.1) is 11.8 Å². The van der Waals surface area contributed by atoms with E-state index in [1.54, 1.807) is 12.1 Å². The second kappa shape index (κ2) is 15.6. The molecular formula is C32H46O4. The summed E-state index contributed by atoms with van der Waals surface area (Å²) in [6.07, 6.45) is 16.5. The monoisotopic (exact) mass is 494 g/mol. The summed E-state index contributed by atoms with van der Waals surface area (Å²) in [5.74, 6) is 2.45. The van der Waals surface area contributed by atoms with Crippen LogP contribution in [0.2, 0.25) is 0 Å². The number of hydrogen-bond acceptors (Lipinski definition) is 3. The number of aromatic carboxylic acids is 1. The third-order valence-corrected chi connectivity index (χ3v) is 7.59. The molecular weight excluding hydrogens is 448 g/mol. The molecule has 0 heterocycles. The summed E-state index contributed by atoms with van der Waals surface area (Å²) in [6.45, 7) is 5.89. The summed E-state index contributed by atoms with van der Waals surface area (Å²) in [5, 5.41) is 9.70. The van der Waals surface area contributed by atoms with Crippen LogP contribution >= 0.6 is 0 Å². The SMILES string of the molecule is CCCCCCCOc1ccc(C(=O)O)c(-c2ccc(OCCCC3CCC(CCC)CC3)cc2)c1. The zero-order valence-corrected chi connectivity index (χ0v) is 22.5. The van der Waals surface area contributed by atoms with Gasteiger partial charge in [0.25, 0.3) is 0 Å². The molecule has 1 N–H and O–H groups in total. The average molecular weight is 495 g/mol. The Hall–Kier alpha value is -2.49. The van der Waals surface area contributed by atoms with Gasteiger partial charge in [-0.05, 0) is 72.6 Å². The van der Waals surface area contributed by atoms with Crippen molar-refractivity contribution in [3.63, 3.8) is 0 Å². The van der Waals surface area contributed by atoms with Gasteiger partial charge in [-0.2, -0.15) is 0 Å². The first-order valence-corrected chi connectivity index (χ1v) is 14.3. The van der Waals surface area contributed by atoms with Crippen molar-refractivity contribution in [3.8, 4) is 22.6 Å². The maximum Gasteiger partial charge on any atom is 0.336 e. The highest BCUT2D eigenvalue weighted by molar-refractivity contribution is 5.96. The van der Waals surface area contributed by atoms with E-state index in [9.17, 15) is 9.90 Å². The molecule has 0 aliphatic heterocycles. The molecule has 2 aromatic carbocycles. The fourth-order valence-electron chi connectivity index (χ4n) is 5.44. The Morgan fingerprint density at radius 1 is 0.750 bits per heavy atom. The van der Waals surface area contributed by atoms with E-state index in [4.69, 9.17) is 9.47 Å². The Morgan fingerprint density at radius 2 is 1.36 bits per heavy atom. The maximum atomic E-state index is 11.8. The number of benzene rings is 2. The number of ether oxygens (including phenoxy) is 2. The zero-order chi connectivity index (χ0) is 25.6. The molecule has 4 heteroatoms. The summed E-state index contributed by atoms with van der Waals surface area (Å²) in [4.78, 5) is 11.8. The first-order chi connectivity index (χ1) is 17.6. The molecule has 1 saturated carbocycles. The van der Waals surface area contributed by atoms with Gasteiger partial charge in [0.15, 0.2) is 0 Å². The lowest BCUT2D eigenvalue weighted by molar-refractivity contribution is 0.0697. The van der Waals surface area contributed by atoms with Gasteiger partial charge in [0.05, 0.1) is 18.8 Å². The van der Waals surface area contributed by atoms with E-state index >= 15 is 0 Å². The molecule has 2 aromatic rings. The van der Waals surface area contributed by atoms with Crippen molar-refractivity contribution < 1.29 is 19.4 Å². The highest BCUT2D eigenvalue weighted by Gasteiger charge is 2.20. The van der Waals surface area contributed by atoms with Gasteiger partial charge in [-0.3, -0.25) is 0 Å². The van der Waals surface area contributed by atoms with E-state index in [1.807, 2.05) is 30.3 Å². The van der Waals surface area contributed by atoms with Crippen LogP contribution in [0.15, 0.2) is 42.5 Å². The van der Waals surface area contributed by atoms with Gasteiger partial charge in [-0.25, -0.2) is 4.79 Å². The van der Waals surface area contributed by atoms with Crippen LogP contribution in [0.5, 0.6) is 11.5 Å². The summed E-state index contributed by atoms with van der Waals surface area (Å²) in [7, 11) is 0. The van der Waals surface area contributed by atoms with Crippen molar-refractivity contribution in [1.82, 2.24) is 0 Å². The highest BCUT2D eigenvalue weighted by atomic mass is 16.5. The van der Waals surface area contributed by atoms with E-state index in [-0.39, 0.29) is 5.56 Å². The molecule has 0 aromatic heterocycles. The molecule has 0 spiro atoms. The van der Waals surface area contributed by atoms with Crippen LogP contribution in [0.4, 0.5) is 0 Å². The van der Waals surface area contributed by atoms with Crippen molar-refractivity contribution in [2.45, 2.75) is 97.3 Å². The summed E-state index contributed by atoms with van der Waals surface area (Å²) < 4.78 is 11.9. The minimum absolute atomic E-state index is 0.285. The number of unbranched alkanes of at least 4 members (excludes halogenated alkanes) is 4. The van der Waals surface area contributed by atoms with Crippen molar-refractivity contribution in [2.75, 3.05) is 13.2 Å². The average Bonchev–Trinajstić information content (AvgIpc) is 2.90. The van der Waals surface area contributed by atoms with Crippen molar-refractivity contribution in [3.05, 3.63) is 48.0 Å². The van der Waals surface area contributed by atoms with E-state index in [0.29, 0.717) is 12.2 Å². The number of hydrogen-bond donors (Lipinski definition) is 1. The summed E-state index contributed by atoms with van der Waals surface area (Å²) >= 11 is 0. The predicted molar refractivity (Wildman–Crippen MR) is 148 cm³/mol. The largest absolute Gasteiger partial charge is 0.494 e. The Bertz CT molecular complexity index is 897. The molecule has 1 fully saturated rings. The molecule has 4 nitrogen and oxygen atoms in total. The lowest BCUT2D eigenvalue weighted by Crippen LogP contribution is -2.15. The van der Waals surface area contributed by atoms with Gasteiger partial charge in [-0.15, -0.1) is 0 Å². The van der Waals surface area contributed by atoms with Gasteiger partial charge >= 0.3 is 5.97 Å². The normalized spacial score (nSPS) is 17.6. The Morgan fingerprint density at radius 3 is 2.03 bits per heavy atom. The molecule has 0 atom stereocenters. The lowest BCUT2D eigenvalue weighted by atomic mass is 9.78. The van der Waals surface area contributed by atoms with Gasteiger partial charge in [0.1, 0.15) is 11.5 Å². The smallest absolute Gasteiger partial charge is 0.336 e. The molecule has 0 unspecified atom stereocenters. The fourth-order valence-corrected chi connectivity index (χ4v) is 5.44. The van der Waals surface area contributed by atoms with Crippen molar-refractivity contribution >= 4 is 5.97 Å². The number of rotatable bonds is 16. The van der Waals surface area contributed by atoms with Crippen LogP contribution < -0.4 is 9.47 Å². The molecule has 36 heavy (non-hydrogen) atoms. The third-order valence-electron chi connectivity index (χ3n) is 7.59. The number of carboxylic acid groups (broad SMARTS) is 1. The predicted octanol–water partition coefficient (Wildman–Crippen LogP) is 9.17. The van der Waals surface area contributed by atoms with Crippen LogP contribution in [0.25, 0.3) is 11.1 Å². The standard InChI is InChI=1S/C32H46O4/c1-3-5-6-7-8-22-36-29-20-21-30(32(33)34)31(24-29)27-16-18-28(19-17-27)35-23-9-11-26-14-12-25(10-4-2)13-15-26/h16-21,24-26H,3-15,22-23H2,1-2H3,(H,33,34). The van der Waals surface area contributed by atoms with Crippen LogP contribution in [0.1, 0.15) is 108 Å². The number of carboxylic acids is 1. The van der Waals surface area contributed by atoms with Crippen molar-refractivity contribution in [2.24, 2.45) is 11.8 Å². The van der Waals surface area contributed by atoms with E-state index in [2.05, 4.69) is 13.8 Å². The first kappa shape index (κ1) is 28.1. The van der Waals surface area contributed by atoms with Gasteiger partial charge in [0, 0.05) is 0 Å². The molecule has 0 amide bonds. The number of carbonyl (C=O) groups is 1. The second-order valence-corrected chi connectivity index (χ2v) is 10.5. The van der Waals surface area contributed by atoms with Crippen molar-refractivity contribution in [1.29, 1.82) is 0 Å². The van der Waals surface area contributed by atoms with E-state index in [1.165, 1.54) is 64.2 Å². The van der Waals surface area contributed by atoms with Gasteiger partial charge in [-0.1, -0.05) is 90.2 Å². The van der Waals surface area contributed by atoms with E-state index in [0.717, 1.165) is 54.8 Å². The lowest BCUT2D eigenvalue weighted by Gasteiger charge is -2.28. The topological polar surface area (TPSA) is 55.8 Å². The minimum atomic E-state index is -0.930. The minimum Gasteiger partial charge on any atom is -0.494 e. The summed E-state index contributed by atoms with van der Waals surface area (Å²) in [6, 6.07) is 13.0. The third kappa shape index (κ3) is 9.19. The molecule has 0 radical (unpaired) electrons. The summed E-state index contributed by atoms with van der Waals surface area (Å²) in [5.41, 5.74) is 1.82. The van der Waals surface area contributed by atoms with E-state index < -0.39 is 5.97 Å². The molecule has 3 rings (SSSR count). The van der Waals surface area contributed by atoms with Gasteiger partial charge in [0.2, 0.25) is 0 Å². The van der Waals surface area contributed by atoms with Crippen LogP contribution in [0.3, 0.4) is 0 Å². The molecule has 198 valence electrons. The Kier molecular flexibility index (Phi) is 12.2.